The molecule has 100 valence electrons. The summed E-state index contributed by atoms with van der Waals surface area (Å²) in [5, 5.41) is 0.795. The standard InChI is InChI=1S/C15H12N2O2S/c18-20(19,17-13-8-2-1-3-9-13)14-10-4-6-12-7-5-11-16-15(12)14/h1-11,17H. The largest absolute Gasteiger partial charge is 0.280 e. The van der Waals surface area contributed by atoms with E-state index in [0.717, 1.165) is 5.39 Å². The van der Waals surface area contributed by atoms with Crippen LogP contribution in [-0.4, -0.2) is 13.4 Å². The van der Waals surface area contributed by atoms with Crippen LogP contribution in [0.3, 0.4) is 0 Å². The van der Waals surface area contributed by atoms with Crippen LogP contribution < -0.4 is 4.72 Å². The van der Waals surface area contributed by atoms with Crippen molar-refractivity contribution < 1.29 is 8.42 Å². The number of sulfonamides is 1. The SMILES string of the molecule is O=S(=O)(Nc1ccccc1)c1cccc2cccnc12. The Morgan fingerprint density at radius 2 is 1.60 bits per heavy atom. The Hall–Kier alpha value is -2.40. The molecule has 0 unspecified atom stereocenters. The van der Waals surface area contributed by atoms with Gasteiger partial charge in [0.15, 0.2) is 0 Å². The maximum atomic E-state index is 12.5. The van der Waals surface area contributed by atoms with Gasteiger partial charge in [0.2, 0.25) is 0 Å². The first-order valence-electron chi connectivity index (χ1n) is 6.08. The molecular formula is C15H12N2O2S. The van der Waals surface area contributed by atoms with Crippen LogP contribution in [0.25, 0.3) is 10.9 Å². The van der Waals surface area contributed by atoms with Gasteiger partial charge < -0.3 is 0 Å². The zero-order valence-corrected chi connectivity index (χ0v) is 11.3. The minimum Gasteiger partial charge on any atom is -0.280 e. The van der Waals surface area contributed by atoms with E-state index in [1.807, 2.05) is 18.2 Å². The molecule has 0 spiro atoms. The van der Waals surface area contributed by atoms with E-state index in [0.29, 0.717) is 11.2 Å². The van der Waals surface area contributed by atoms with Gasteiger partial charge in [-0.15, -0.1) is 0 Å². The number of rotatable bonds is 3. The van der Waals surface area contributed by atoms with Crippen LogP contribution in [-0.2, 0) is 10.0 Å². The number of nitrogens with zero attached hydrogens (tertiary/aromatic N) is 1. The molecule has 0 aliphatic heterocycles. The summed E-state index contributed by atoms with van der Waals surface area (Å²) in [6, 6.07) is 17.5. The van der Waals surface area contributed by atoms with Gasteiger partial charge in [0, 0.05) is 17.3 Å². The Kier molecular flexibility index (Phi) is 3.12. The predicted molar refractivity (Wildman–Crippen MR) is 79.0 cm³/mol. The molecule has 0 radical (unpaired) electrons. The maximum absolute atomic E-state index is 12.5. The van der Waals surface area contributed by atoms with Crippen molar-refractivity contribution in [3.8, 4) is 0 Å². The molecule has 1 aromatic heterocycles. The Balaban J connectivity index is 2.10. The van der Waals surface area contributed by atoms with Crippen LogP contribution >= 0.6 is 0 Å². The average Bonchev–Trinajstić information content (AvgIpc) is 2.47. The lowest BCUT2D eigenvalue weighted by Crippen LogP contribution is -2.13. The molecule has 5 heteroatoms. The topological polar surface area (TPSA) is 59.1 Å². The lowest BCUT2D eigenvalue weighted by Gasteiger charge is -2.09. The van der Waals surface area contributed by atoms with Crippen molar-refractivity contribution in [3.05, 3.63) is 66.9 Å². The predicted octanol–water partition coefficient (Wildman–Crippen LogP) is 3.04. The lowest BCUT2D eigenvalue weighted by molar-refractivity contribution is 0.602. The number of hydrogen-bond acceptors (Lipinski definition) is 3. The Morgan fingerprint density at radius 1 is 0.850 bits per heavy atom. The third-order valence-corrected chi connectivity index (χ3v) is 4.32. The van der Waals surface area contributed by atoms with Crippen LogP contribution in [0.15, 0.2) is 71.8 Å². The minimum absolute atomic E-state index is 0.180. The van der Waals surface area contributed by atoms with Gasteiger partial charge in [-0.3, -0.25) is 9.71 Å². The molecule has 0 bridgehead atoms. The van der Waals surface area contributed by atoms with Gasteiger partial charge in [0.1, 0.15) is 4.90 Å². The van der Waals surface area contributed by atoms with E-state index in [9.17, 15) is 8.42 Å². The van der Waals surface area contributed by atoms with Crippen molar-refractivity contribution in [3.63, 3.8) is 0 Å². The third-order valence-electron chi connectivity index (χ3n) is 2.91. The zero-order valence-electron chi connectivity index (χ0n) is 10.5. The van der Waals surface area contributed by atoms with E-state index in [4.69, 9.17) is 0 Å². The molecule has 3 aromatic rings. The highest BCUT2D eigenvalue weighted by molar-refractivity contribution is 7.93. The van der Waals surface area contributed by atoms with Gasteiger partial charge in [-0.2, -0.15) is 0 Å². The van der Waals surface area contributed by atoms with Crippen molar-refractivity contribution in [2.24, 2.45) is 0 Å². The van der Waals surface area contributed by atoms with Gasteiger partial charge in [0.25, 0.3) is 10.0 Å². The molecule has 0 saturated heterocycles. The first kappa shape index (κ1) is 12.6. The lowest BCUT2D eigenvalue weighted by atomic mass is 10.2. The van der Waals surface area contributed by atoms with E-state index in [-0.39, 0.29) is 4.90 Å². The second-order valence-corrected chi connectivity index (χ2v) is 5.95. The molecule has 3 rings (SSSR count). The van der Waals surface area contributed by atoms with Crippen LogP contribution in [0.4, 0.5) is 5.69 Å². The molecule has 1 heterocycles. The van der Waals surface area contributed by atoms with Crippen molar-refractivity contribution in [1.82, 2.24) is 4.98 Å². The number of pyridine rings is 1. The summed E-state index contributed by atoms with van der Waals surface area (Å²) < 4.78 is 27.5. The smallest absolute Gasteiger partial charge is 0.264 e. The number of anilines is 1. The molecule has 0 fully saturated rings. The highest BCUT2D eigenvalue weighted by Gasteiger charge is 2.17. The molecule has 0 atom stereocenters. The molecular weight excluding hydrogens is 272 g/mol. The molecule has 0 amide bonds. The number of benzene rings is 2. The van der Waals surface area contributed by atoms with Crippen molar-refractivity contribution in [2.45, 2.75) is 4.90 Å². The molecule has 2 aromatic carbocycles. The summed E-state index contributed by atoms with van der Waals surface area (Å²) >= 11 is 0. The summed E-state index contributed by atoms with van der Waals surface area (Å²) in [4.78, 5) is 4.35. The van der Waals surface area contributed by atoms with Crippen molar-refractivity contribution in [2.75, 3.05) is 4.72 Å². The maximum Gasteiger partial charge on any atom is 0.264 e. The normalized spacial score (nSPS) is 11.4. The fourth-order valence-corrected chi connectivity index (χ4v) is 3.25. The number of hydrogen-bond donors (Lipinski definition) is 1. The Morgan fingerprint density at radius 3 is 2.40 bits per heavy atom. The monoisotopic (exact) mass is 284 g/mol. The van der Waals surface area contributed by atoms with E-state index in [1.165, 1.54) is 0 Å². The third kappa shape index (κ3) is 2.35. The van der Waals surface area contributed by atoms with Crippen LogP contribution in [0.1, 0.15) is 0 Å². The first-order valence-corrected chi connectivity index (χ1v) is 7.57. The van der Waals surface area contributed by atoms with Gasteiger partial charge in [-0.1, -0.05) is 36.4 Å². The number of aromatic nitrogens is 1. The first-order chi connectivity index (χ1) is 9.67. The Labute approximate surface area is 117 Å². The Bertz CT molecular complexity index is 841. The second-order valence-electron chi connectivity index (χ2n) is 4.30. The van der Waals surface area contributed by atoms with Crippen LogP contribution in [0, 0.1) is 0 Å². The quantitative estimate of drug-likeness (QED) is 0.804. The molecule has 20 heavy (non-hydrogen) atoms. The van der Waals surface area contributed by atoms with E-state index in [2.05, 4.69) is 9.71 Å². The summed E-state index contributed by atoms with van der Waals surface area (Å²) in [5.74, 6) is 0. The van der Waals surface area contributed by atoms with Gasteiger partial charge in [0.05, 0.1) is 5.52 Å². The van der Waals surface area contributed by atoms with Crippen molar-refractivity contribution >= 4 is 26.6 Å². The van der Waals surface area contributed by atoms with Crippen LogP contribution in [0.2, 0.25) is 0 Å². The number of nitrogens with one attached hydrogen (secondary N) is 1. The molecule has 0 saturated carbocycles. The summed E-state index contributed by atoms with van der Waals surface area (Å²) in [5.41, 5.74) is 0.999. The fraction of sp³-hybridized carbons (Fsp3) is 0. The minimum atomic E-state index is -3.65. The van der Waals surface area contributed by atoms with Crippen molar-refractivity contribution in [1.29, 1.82) is 0 Å². The number of fused-ring (bicyclic) bond motifs is 1. The van der Waals surface area contributed by atoms with Gasteiger partial charge in [-0.25, -0.2) is 8.42 Å². The summed E-state index contributed by atoms with van der Waals surface area (Å²) in [6.45, 7) is 0. The molecule has 0 aliphatic carbocycles. The second kappa shape index (κ2) is 4.94. The number of para-hydroxylation sites is 2. The highest BCUT2D eigenvalue weighted by Crippen LogP contribution is 2.22. The summed E-state index contributed by atoms with van der Waals surface area (Å²) in [7, 11) is -3.65. The highest BCUT2D eigenvalue weighted by atomic mass is 32.2. The molecule has 4 nitrogen and oxygen atoms in total. The van der Waals surface area contributed by atoms with Crippen LogP contribution in [0.5, 0.6) is 0 Å². The van der Waals surface area contributed by atoms with E-state index >= 15 is 0 Å². The van der Waals surface area contributed by atoms with Gasteiger partial charge in [-0.05, 0) is 24.3 Å². The van der Waals surface area contributed by atoms with E-state index in [1.54, 1.807) is 48.7 Å². The molecule has 1 N–H and O–H groups in total. The fourth-order valence-electron chi connectivity index (χ4n) is 2.01. The van der Waals surface area contributed by atoms with E-state index < -0.39 is 10.0 Å². The summed E-state index contributed by atoms with van der Waals surface area (Å²) in [6.07, 6.45) is 1.59. The zero-order chi connectivity index (χ0) is 14.0. The molecule has 0 aliphatic rings. The van der Waals surface area contributed by atoms with Gasteiger partial charge >= 0.3 is 0 Å². The average molecular weight is 284 g/mol.